The van der Waals surface area contributed by atoms with Crippen molar-refractivity contribution in [3.8, 4) is 0 Å². The zero-order valence-electron chi connectivity index (χ0n) is 9.15. The van der Waals surface area contributed by atoms with Gasteiger partial charge in [0.25, 0.3) is 0 Å². The standard InChI is InChI=1S/C12H18O3/c1-13-11-15-9-5-8-14-10-12-6-3-2-4-7-12/h2-4,6-7H,5,8-11H2,1H3. The largest absolute Gasteiger partial charge is 0.377 e. The molecule has 15 heavy (non-hydrogen) atoms. The summed E-state index contributed by atoms with van der Waals surface area (Å²) in [6.45, 7) is 2.44. The van der Waals surface area contributed by atoms with E-state index in [0.29, 0.717) is 20.0 Å². The van der Waals surface area contributed by atoms with Gasteiger partial charge in [0.2, 0.25) is 0 Å². The van der Waals surface area contributed by atoms with Gasteiger partial charge in [-0.1, -0.05) is 30.3 Å². The van der Waals surface area contributed by atoms with Crippen LogP contribution >= 0.6 is 0 Å². The van der Waals surface area contributed by atoms with E-state index >= 15 is 0 Å². The molecule has 0 aliphatic rings. The van der Waals surface area contributed by atoms with E-state index in [2.05, 4.69) is 12.1 Å². The zero-order chi connectivity index (χ0) is 10.8. The van der Waals surface area contributed by atoms with E-state index in [1.165, 1.54) is 5.56 Å². The first-order chi connectivity index (χ1) is 7.43. The first kappa shape index (κ1) is 12.2. The maximum atomic E-state index is 5.48. The Labute approximate surface area is 91.0 Å². The molecule has 1 aromatic rings. The summed E-state index contributed by atoms with van der Waals surface area (Å²) in [5, 5.41) is 0. The molecule has 0 aliphatic carbocycles. The average Bonchev–Trinajstić information content (AvgIpc) is 2.29. The van der Waals surface area contributed by atoms with Crippen LogP contribution in [0.25, 0.3) is 0 Å². The third-order valence-corrected chi connectivity index (χ3v) is 1.89. The minimum absolute atomic E-state index is 0.360. The van der Waals surface area contributed by atoms with E-state index < -0.39 is 0 Å². The van der Waals surface area contributed by atoms with Crippen molar-refractivity contribution >= 4 is 0 Å². The highest BCUT2D eigenvalue weighted by atomic mass is 16.7. The number of ether oxygens (including phenoxy) is 3. The Morgan fingerprint density at radius 3 is 2.47 bits per heavy atom. The summed E-state index contributed by atoms with van der Waals surface area (Å²) in [6, 6.07) is 10.1. The molecule has 0 saturated heterocycles. The lowest BCUT2D eigenvalue weighted by atomic mass is 10.2. The van der Waals surface area contributed by atoms with Crippen LogP contribution in [0.1, 0.15) is 12.0 Å². The Kier molecular flexibility index (Phi) is 6.83. The molecular weight excluding hydrogens is 192 g/mol. The van der Waals surface area contributed by atoms with Crippen LogP contribution in [0, 0.1) is 0 Å². The second kappa shape index (κ2) is 8.41. The van der Waals surface area contributed by atoms with Crippen LogP contribution in [0.15, 0.2) is 30.3 Å². The number of hydrogen-bond acceptors (Lipinski definition) is 3. The number of benzene rings is 1. The van der Waals surface area contributed by atoms with Crippen molar-refractivity contribution in [1.29, 1.82) is 0 Å². The molecule has 0 N–H and O–H groups in total. The van der Waals surface area contributed by atoms with Gasteiger partial charge in [-0.15, -0.1) is 0 Å². The summed E-state index contributed by atoms with van der Waals surface area (Å²) in [4.78, 5) is 0. The Bertz CT molecular complexity index is 236. The highest BCUT2D eigenvalue weighted by Crippen LogP contribution is 2.00. The van der Waals surface area contributed by atoms with Crippen LogP contribution in [0.4, 0.5) is 0 Å². The van der Waals surface area contributed by atoms with Gasteiger partial charge in [-0.2, -0.15) is 0 Å². The van der Waals surface area contributed by atoms with Gasteiger partial charge in [-0.25, -0.2) is 0 Å². The molecule has 3 nitrogen and oxygen atoms in total. The molecule has 1 aromatic carbocycles. The second-order valence-corrected chi connectivity index (χ2v) is 3.21. The highest BCUT2D eigenvalue weighted by Gasteiger charge is 1.92. The van der Waals surface area contributed by atoms with Gasteiger partial charge >= 0.3 is 0 Å². The first-order valence-electron chi connectivity index (χ1n) is 5.12. The molecule has 0 bridgehead atoms. The smallest absolute Gasteiger partial charge is 0.146 e. The number of methoxy groups -OCH3 is 1. The third-order valence-electron chi connectivity index (χ3n) is 1.89. The fourth-order valence-electron chi connectivity index (χ4n) is 1.17. The fourth-order valence-corrected chi connectivity index (χ4v) is 1.17. The maximum Gasteiger partial charge on any atom is 0.146 e. The molecule has 0 saturated carbocycles. The summed E-state index contributed by atoms with van der Waals surface area (Å²) < 4.78 is 15.4. The summed E-state index contributed by atoms with van der Waals surface area (Å²) in [7, 11) is 1.62. The molecule has 0 amide bonds. The first-order valence-corrected chi connectivity index (χ1v) is 5.12. The van der Waals surface area contributed by atoms with Gasteiger partial charge < -0.3 is 14.2 Å². The summed E-state index contributed by atoms with van der Waals surface area (Å²) in [5.41, 5.74) is 1.20. The van der Waals surface area contributed by atoms with Crippen LogP contribution in [-0.2, 0) is 20.8 Å². The Morgan fingerprint density at radius 1 is 1.00 bits per heavy atom. The molecule has 0 aliphatic heterocycles. The molecule has 0 spiro atoms. The molecule has 0 radical (unpaired) electrons. The molecule has 0 unspecified atom stereocenters. The van der Waals surface area contributed by atoms with Crippen LogP contribution in [0.5, 0.6) is 0 Å². The molecule has 0 aromatic heterocycles. The normalized spacial score (nSPS) is 10.5. The minimum atomic E-state index is 0.360. The maximum absolute atomic E-state index is 5.48. The van der Waals surface area contributed by atoms with E-state index in [1.807, 2.05) is 18.2 Å². The lowest BCUT2D eigenvalue weighted by Gasteiger charge is -2.04. The fraction of sp³-hybridized carbons (Fsp3) is 0.500. The predicted molar refractivity (Wildman–Crippen MR) is 58.5 cm³/mol. The third kappa shape index (κ3) is 6.23. The van der Waals surface area contributed by atoms with Gasteiger partial charge in [-0.05, 0) is 12.0 Å². The van der Waals surface area contributed by atoms with Crippen molar-refractivity contribution in [2.45, 2.75) is 13.0 Å². The average molecular weight is 210 g/mol. The molecular formula is C12H18O3. The van der Waals surface area contributed by atoms with E-state index in [9.17, 15) is 0 Å². The summed E-state index contributed by atoms with van der Waals surface area (Å²) >= 11 is 0. The van der Waals surface area contributed by atoms with Crippen LogP contribution < -0.4 is 0 Å². The van der Waals surface area contributed by atoms with Crippen molar-refractivity contribution in [2.24, 2.45) is 0 Å². The predicted octanol–water partition coefficient (Wildman–Crippen LogP) is 2.21. The van der Waals surface area contributed by atoms with Crippen LogP contribution in [0.2, 0.25) is 0 Å². The van der Waals surface area contributed by atoms with Gasteiger partial charge in [0.15, 0.2) is 0 Å². The topological polar surface area (TPSA) is 27.7 Å². The van der Waals surface area contributed by atoms with E-state index in [-0.39, 0.29) is 0 Å². The Hall–Kier alpha value is -0.900. The van der Waals surface area contributed by atoms with E-state index in [0.717, 1.165) is 13.0 Å². The van der Waals surface area contributed by atoms with Crippen molar-refractivity contribution in [2.75, 3.05) is 27.1 Å². The number of rotatable bonds is 8. The van der Waals surface area contributed by atoms with Gasteiger partial charge in [0, 0.05) is 13.7 Å². The van der Waals surface area contributed by atoms with Gasteiger partial charge in [0.05, 0.1) is 13.2 Å². The Morgan fingerprint density at radius 2 is 1.73 bits per heavy atom. The van der Waals surface area contributed by atoms with Gasteiger partial charge in [0.1, 0.15) is 6.79 Å². The summed E-state index contributed by atoms with van der Waals surface area (Å²) in [6.07, 6.45) is 0.899. The SMILES string of the molecule is COCOCCCOCc1ccccc1. The zero-order valence-corrected chi connectivity index (χ0v) is 9.15. The van der Waals surface area contributed by atoms with Crippen LogP contribution in [-0.4, -0.2) is 27.1 Å². The number of hydrogen-bond donors (Lipinski definition) is 0. The monoisotopic (exact) mass is 210 g/mol. The Balaban J connectivity index is 1.93. The highest BCUT2D eigenvalue weighted by molar-refractivity contribution is 5.13. The van der Waals surface area contributed by atoms with Crippen molar-refractivity contribution in [1.82, 2.24) is 0 Å². The van der Waals surface area contributed by atoms with Crippen molar-refractivity contribution in [3.63, 3.8) is 0 Å². The second-order valence-electron chi connectivity index (χ2n) is 3.21. The molecule has 0 fully saturated rings. The van der Waals surface area contributed by atoms with Crippen molar-refractivity contribution in [3.05, 3.63) is 35.9 Å². The van der Waals surface area contributed by atoms with E-state index in [4.69, 9.17) is 14.2 Å². The quantitative estimate of drug-likeness (QED) is 0.486. The molecule has 0 atom stereocenters. The molecule has 0 heterocycles. The van der Waals surface area contributed by atoms with Gasteiger partial charge in [-0.3, -0.25) is 0 Å². The lowest BCUT2D eigenvalue weighted by Crippen LogP contribution is -2.03. The van der Waals surface area contributed by atoms with E-state index in [1.54, 1.807) is 7.11 Å². The lowest BCUT2D eigenvalue weighted by molar-refractivity contribution is -0.0373. The van der Waals surface area contributed by atoms with Crippen LogP contribution in [0.3, 0.4) is 0 Å². The molecule has 84 valence electrons. The minimum Gasteiger partial charge on any atom is -0.377 e. The molecule has 3 heteroatoms. The van der Waals surface area contributed by atoms with Crippen molar-refractivity contribution < 1.29 is 14.2 Å². The summed E-state index contributed by atoms with van der Waals surface area (Å²) in [5.74, 6) is 0. The molecule has 1 rings (SSSR count).